The summed E-state index contributed by atoms with van der Waals surface area (Å²) in [4.78, 5) is 12.9. The topological polar surface area (TPSA) is 159 Å². The summed E-state index contributed by atoms with van der Waals surface area (Å²) < 4.78 is 21.4. The van der Waals surface area contributed by atoms with Crippen molar-refractivity contribution in [1.29, 1.82) is 0 Å². The summed E-state index contributed by atoms with van der Waals surface area (Å²) in [7, 11) is 1.43. The number of rotatable bonds is 5. The van der Waals surface area contributed by atoms with Crippen LogP contribution in [0.4, 0.5) is 0 Å². The minimum atomic E-state index is -1.56. The first kappa shape index (κ1) is 22.1. The quantitative estimate of drug-likeness (QED) is 0.370. The number of ether oxygens (including phenoxy) is 3. The van der Waals surface area contributed by atoms with E-state index in [4.69, 9.17) is 18.6 Å². The first-order chi connectivity index (χ1) is 15.3. The second-order valence-electron chi connectivity index (χ2n) is 7.34. The monoisotopic (exact) mass is 446 g/mol. The van der Waals surface area contributed by atoms with Crippen LogP contribution in [0.5, 0.6) is 17.2 Å². The molecule has 4 rings (SSSR count). The Kier molecular flexibility index (Phi) is 6.04. The third-order valence-corrected chi connectivity index (χ3v) is 5.33. The fourth-order valence-corrected chi connectivity index (χ4v) is 3.54. The van der Waals surface area contributed by atoms with E-state index in [1.54, 1.807) is 12.1 Å². The van der Waals surface area contributed by atoms with E-state index in [1.165, 1.54) is 37.6 Å². The molecule has 2 aromatic carbocycles. The molecule has 10 heteroatoms. The van der Waals surface area contributed by atoms with Gasteiger partial charge in [-0.25, -0.2) is 0 Å². The number of fused-ring (bicyclic) bond motifs is 1. The van der Waals surface area contributed by atoms with Crippen LogP contribution >= 0.6 is 0 Å². The number of aliphatic hydroxyl groups excluding tert-OH is 4. The second-order valence-corrected chi connectivity index (χ2v) is 7.34. The number of methoxy groups -OCH3 is 1. The van der Waals surface area contributed by atoms with Crippen molar-refractivity contribution in [1.82, 2.24) is 0 Å². The smallest absolute Gasteiger partial charge is 0.229 e. The lowest BCUT2D eigenvalue weighted by Gasteiger charge is -2.39. The Morgan fingerprint density at radius 1 is 1.00 bits per heavy atom. The number of phenolic OH excluding ortho intramolecular Hbond substituents is 1. The lowest BCUT2D eigenvalue weighted by molar-refractivity contribution is -0.277. The molecule has 3 aromatic rings. The highest BCUT2D eigenvalue weighted by atomic mass is 16.7. The summed E-state index contributed by atoms with van der Waals surface area (Å²) in [5, 5.41) is 49.3. The standard InChI is InChI=1S/C22H22O10/c1-29-12-6-14(24)17-15(7-12)30-9-13(18(17)25)10-2-4-11(5-3-10)31-22-21(28)20(27)19(26)16(8-23)32-22/h2-7,9,16,19-24,26-28H,8H2,1H3/t16-,19+,20+,21+,22-/m1/s1. The first-order valence-corrected chi connectivity index (χ1v) is 9.74. The van der Waals surface area contributed by atoms with Crippen LogP contribution in [0.25, 0.3) is 22.1 Å². The zero-order valence-electron chi connectivity index (χ0n) is 16.9. The molecular formula is C22H22O10. The molecule has 170 valence electrons. The van der Waals surface area contributed by atoms with E-state index in [0.717, 1.165) is 0 Å². The number of phenols is 1. The highest BCUT2D eigenvalue weighted by Gasteiger charge is 2.44. The van der Waals surface area contributed by atoms with E-state index < -0.39 is 42.7 Å². The van der Waals surface area contributed by atoms with E-state index in [0.29, 0.717) is 11.3 Å². The van der Waals surface area contributed by atoms with Crippen molar-refractivity contribution >= 4 is 11.0 Å². The molecule has 0 bridgehead atoms. The van der Waals surface area contributed by atoms with Gasteiger partial charge in [0.2, 0.25) is 11.7 Å². The first-order valence-electron chi connectivity index (χ1n) is 9.74. The predicted molar refractivity (Wildman–Crippen MR) is 111 cm³/mol. The van der Waals surface area contributed by atoms with Gasteiger partial charge in [0.1, 0.15) is 58.9 Å². The summed E-state index contributed by atoms with van der Waals surface area (Å²) in [6.07, 6.45) is -5.73. The van der Waals surface area contributed by atoms with Gasteiger partial charge in [0.05, 0.1) is 19.3 Å². The Balaban J connectivity index is 1.59. The van der Waals surface area contributed by atoms with Gasteiger partial charge in [0.15, 0.2) is 0 Å². The molecule has 0 spiro atoms. The van der Waals surface area contributed by atoms with Gasteiger partial charge in [-0.15, -0.1) is 0 Å². The van der Waals surface area contributed by atoms with E-state index >= 15 is 0 Å². The molecule has 2 heterocycles. The third-order valence-electron chi connectivity index (χ3n) is 5.33. The maximum atomic E-state index is 12.9. The Morgan fingerprint density at radius 2 is 1.72 bits per heavy atom. The van der Waals surface area contributed by atoms with Crippen molar-refractivity contribution in [3.8, 4) is 28.4 Å². The molecule has 0 amide bonds. The van der Waals surface area contributed by atoms with Gasteiger partial charge in [-0.3, -0.25) is 4.79 Å². The third kappa shape index (κ3) is 3.90. The Bertz CT molecular complexity index is 1150. The Morgan fingerprint density at radius 3 is 2.38 bits per heavy atom. The number of hydrogen-bond donors (Lipinski definition) is 5. The normalized spacial score (nSPS) is 25.6. The Labute approximate surface area is 181 Å². The molecule has 0 radical (unpaired) electrons. The molecule has 32 heavy (non-hydrogen) atoms. The van der Waals surface area contributed by atoms with Crippen LogP contribution in [0, 0.1) is 0 Å². The molecule has 1 aromatic heterocycles. The van der Waals surface area contributed by atoms with Gasteiger partial charge in [-0.1, -0.05) is 12.1 Å². The molecule has 10 nitrogen and oxygen atoms in total. The molecule has 5 N–H and O–H groups in total. The molecule has 1 fully saturated rings. The zero-order valence-corrected chi connectivity index (χ0v) is 16.9. The van der Waals surface area contributed by atoms with Crippen LogP contribution in [-0.4, -0.2) is 70.0 Å². The van der Waals surface area contributed by atoms with Gasteiger partial charge in [0.25, 0.3) is 0 Å². The zero-order chi connectivity index (χ0) is 23.0. The highest BCUT2D eigenvalue weighted by Crippen LogP contribution is 2.31. The summed E-state index contributed by atoms with van der Waals surface area (Å²) in [5.74, 6) is 0.328. The summed E-state index contributed by atoms with van der Waals surface area (Å²) in [6, 6.07) is 8.97. The van der Waals surface area contributed by atoms with Crippen molar-refractivity contribution in [3.05, 3.63) is 52.9 Å². The molecule has 0 unspecified atom stereocenters. The second kappa shape index (κ2) is 8.77. The van der Waals surface area contributed by atoms with Crippen LogP contribution in [0.3, 0.4) is 0 Å². The average Bonchev–Trinajstić information content (AvgIpc) is 2.80. The minimum Gasteiger partial charge on any atom is -0.507 e. The summed E-state index contributed by atoms with van der Waals surface area (Å²) in [5.41, 5.74) is 0.432. The van der Waals surface area contributed by atoms with E-state index in [2.05, 4.69) is 0 Å². The van der Waals surface area contributed by atoms with E-state index in [9.17, 15) is 30.3 Å². The maximum Gasteiger partial charge on any atom is 0.229 e. The lowest BCUT2D eigenvalue weighted by atomic mass is 9.99. The fourth-order valence-electron chi connectivity index (χ4n) is 3.54. The number of hydrogen-bond acceptors (Lipinski definition) is 10. The van der Waals surface area contributed by atoms with Gasteiger partial charge < -0.3 is 44.2 Å². The van der Waals surface area contributed by atoms with E-state index in [-0.39, 0.29) is 28.0 Å². The van der Waals surface area contributed by atoms with Crippen molar-refractivity contribution < 1.29 is 44.2 Å². The van der Waals surface area contributed by atoms with Gasteiger partial charge in [0, 0.05) is 12.1 Å². The predicted octanol–water partition coefficient (Wildman–Crippen LogP) is 0.353. The fraction of sp³-hybridized carbons (Fsp3) is 0.318. The van der Waals surface area contributed by atoms with Crippen molar-refractivity contribution in [2.75, 3.05) is 13.7 Å². The average molecular weight is 446 g/mol. The summed E-state index contributed by atoms with van der Waals surface area (Å²) in [6.45, 7) is -0.569. The van der Waals surface area contributed by atoms with Crippen LogP contribution in [0.1, 0.15) is 0 Å². The van der Waals surface area contributed by atoms with Crippen LogP contribution in [-0.2, 0) is 4.74 Å². The van der Waals surface area contributed by atoms with Crippen molar-refractivity contribution in [3.63, 3.8) is 0 Å². The van der Waals surface area contributed by atoms with Crippen LogP contribution in [0.2, 0.25) is 0 Å². The van der Waals surface area contributed by atoms with Crippen LogP contribution in [0.15, 0.2) is 51.9 Å². The van der Waals surface area contributed by atoms with Crippen molar-refractivity contribution in [2.45, 2.75) is 30.7 Å². The van der Waals surface area contributed by atoms with Gasteiger partial charge in [-0.05, 0) is 17.7 Å². The summed E-state index contributed by atoms with van der Waals surface area (Å²) >= 11 is 0. The largest absolute Gasteiger partial charge is 0.507 e. The molecule has 1 saturated heterocycles. The lowest BCUT2D eigenvalue weighted by Crippen LogP contribution is -2.60. The number of benzene rings is 2. The van der Waals surface area contributed by atoms with Gasteiger partial charge >= 0.3 is 0 Å². The maximum absolute atomic E-state index is 12.9. The number of aliphatic hydroxyl groups is 4. The van der Waals surface area contributed by atoms with Crippen molar-refractivity contribution in [2.24, 2.45) is 0 Å². The van der Waals surface area contributed by atoms with E-state index in [1.807, 2.05) is 0 Å². The molecule has 0 aliphatic carbocycles. The molecular weight excluding hydrogens is 424 g/mol. The number of aromatic hydroxyl groups is 1. The molecule has 1 aliphatic rings. The van der Waals surface area contributed by atoms with Crippen LogP contribution < -0.4 is 14.9 Å². The minimum absolute atomic E-state index is 0.0185. The van der Waals surface area contributed by atoms with Gasteiger partial charge in [-0.2, -0.15) is 0 Å². The molecule has 0 saturated carbocycles. The molecule has 5 atom stereocenters. The Hall–Kier alpha value is -3.15. The SMILES string of the molecule is COc1cc(O)c2c(=O)c(-c3ccc(O[C@@H]4O[C@H](CO)[C@H](O)[C@H](O)[C@@H]4O)cc3)coc2c1. The highest BCUT2D eigenvalue weighted by molar-refractivity contribution is 5.88. The molecule has 1 aliphatic heterocycles.